The van der Waals surface area contributed by atoms with Crippen LogP contribution >= 0.6 is 0 Å². The van der Waals surface area contributed by atoms with Gasteiger partial charge in [0, 0.05) is 12.2 Å². The van der Waals surface area contributed by atoms with Gasteiger partial charge in [-0.1, -0.05) is 0 Å². The summed E-state index contributed by atoms with van der Waals surface area (Å²) in [7, 11) is 0. The van der Waals surface area contributed by atoms with Gasteiger partial charge < -0.3 is 5.32 Å². The Morgan fingerprint density at radius 1 is 1.35 bits per heavy atom. The quantitative estimate of drug-likeness (QED) is 0.861. The molecule has 0 unspecified atom stereocenters. The third-order valence-corrected chi connectivity index (χ3v) is 4.01. The molecule has 2 fully saturated rings. The van der Waals surface area contributed by atoms with Gasteiger partial charge in [-0.05, 0) is 55.2 Å². The van der Waals surface area contributed by atoms with Gasteiger partial charge in [0.2, 0.25) is 0 Å². The molecule has 0 aliphatic heterocycles. The van der Waals surface area contributed by atoms with Crippen LogP contribution in [0.3, 0.4) is 0 Å². The first-order valence-corrected chi connectivity index (χ1v) is 6.16. The smallest absolute Gasteiger partial charge is 0.126 e. The first kappa shape index (κ1) is 10.6. The van der Waals surface area contributed by atoms with E-state index in [2.05, 4.69) is 5.32 Å². The topological polar surface area (TPSA) is 35.8 Å². The molecule has 0 amide bonds. The van der Waals surface area contributed by atoms with Crippen molar-refractivity contribution in [2.45, 2.75) is 25.7 Å². The number of halogens is 1. The predicted octanol–water partition coefficient (Wildman–Crippen LogP) is 3.30. The molecule has 0 bridgehead atoms. The van der Waals surface area contributed by atoms with Gasteiger partial charge in [-0.25, -0.2) is 4.39 Å². The zero-order valence-corrected chi connectivity index (χ0v) is 9.67. The van der Waals surface area contributed by atoms with Gasteiger partial charge in [-0.3, -0.25) is 0 Å². The van der Waals surface area contributed by atoms with Gasteiger partial charge in [0.25, 0.3) is 0 Å². The average molecular weight is 230 g/mol. The van der Waals surface area contributed by atoms with Crippen LogP contribution in [0, 0.1) is 28.5 Å². The number of hydrogen-bond acceptors (Lipinski definition) is 2. The molecule has 3 rings (SSSR count). The summed E-state index contributed by atoms with van der Waals surface area (Å²) in [4.78, 5) is 0. The van der Waals surface area contributed by atoms with Gasteiger partial charge in [0.15, 0.2) is 0 Å². The summed E-state index contributed by atoms with van der Waals surface area (Å²) in [6.07, 6.45) is 5.30. The molecule has 0 aromatic heterocycles. The van der Waals surface area contributed by atoms with Crippen molar-refractivity contribution in [3.05, 3.63) is 29.6 Å². The van der Waals surface area contributed by atoms with Crippen LogP contribution in [0.4, 0.5) is 10.1 Å². The Kier molecular flexibility index (Phi) is 2.32. The standard InChI is InChI=1S/C14H15FN2/c15-12-5-10(8-16)6-13(7-12)17-9-14(3-4-14)11-1-2-11/h5-7,11,17H,1-4,9H2. The van der Waals surface area contributed by atoms with E-state index in [1.165, 1.54) is 37.8 Å². The molecule has 2 saturated carbocycles. The van der Waals surface area contributed by atoms with E-state index < -0.39 is 0 Å². The van der Waals surface area contributed by atoms with Crippen molar-refractivity contribution in [1.29, 1.82) is 5.26 Å². The lowest BCUT2D eigenvalue weighted by molar-refractivity contribution is 0.467. The molecule has 0 atom stereocenters. The van der Waals surface area contributed by atoms with E-state index in [4.69, 9.17) is 5.26 Å². The summed E-state index contributed by atoms with van der Waals surface area (Å²) < 4.78 is 13.2. The highest BCUT2D eigenvalue weighted by Gasteiger charge is 2.53. The SMILES string of the molecule is N#Cc1cc(F)cc(NCC2(C3CC3)CC2)c1. The summed E-state index contributed by atoms with van der Waals surface area (Å²) in [6, 6.07) is 6.42. The third kappa shape index (κ3) is 2.12. The first-order chi connectivity index (χ1) is 8.22. The van der Waals surface area contributed by atoms with Gasteiger partial charge in [0.1, 0.15) is 5.82 Å². The number of nitriles is 1. The number of anilines is 1. The summed E-state index contributed by atoms with van der Waals surface area (Å²) in [5, 5.41) is 12.1. The van der Waals surface area contributed by atoms with Crippen molar-refractivity contribution in [3.8, 4) is 6.07 Å². The minimum Gasteiger partial charge on any atom is -0.384 e. The monoisotopic (exact) mass is 230 g/mol. The molecule has 88 valence electrons. The molecule has 0 radical (unpaired) electrons. The Morgan fingerprint density at radius 3 is 2.71 bits per heavy atom. The average Bonchev–Trinajstić information content (AvgIpc) is 3.15. The van der Waals surface area contributed by atoms with Gasteiger partial charge in [-0.15, -0.1) is 0 Å². The second kappa shape index (κ2) is 3.73. The van der Waals surface area contributed by atoms with Crippen molar-refractivity contribution < 1.29 is 4.39 Å². The van der Waals surface area contributed by atoms with Crippen LogP contribution in [-0.4, -0.2) is 6.54 Å². The van der Waals surface area contributed by atoms with E-state index >= 15 is 0 Å². The van der Waals surface area contributed by atoms with Crippen molar-refractivity contribution in [3.63, 3.8) is 0 Å². The lowest BCUT2D eigenvalue weighted by Crippen LogP contribution is -2.17. The summed E-state index contributed by atoms with van der Waals surface area (Å²) >= 11 is 0. The Morgan fingerprint density at radius 2 is 2.12 bits per heavy atom. The van der Waals surface area contributed by atoms with Gasteiger partial charge >= 0.3 is 0 Å². The molecular formula is C14H15FN2. The number of nitrogens with zero attached hydrogens (tertiary/aromatic N) is 1. The first-order valence-electron chi connectivity index (χ1n) is 6.16. The normalized spacial score (nSPS) is 20.7. The van der Waals surface area contributed by atoms with Crippen LogP contribution < -0.4 is 5.32 Å². The molecule has 17 heavy (non-hydrogen) atoms. The summed E-state index contributed by atoms with van der Waals surface area (Å²) in [6.45, 7) is 0.923. The Balaban J connectivity index is 1.69. The molecule has 1 aromatic carbocycles. The third-order valence-electron chi connectivity index (χ3n) is 4.01. The van der Waals surface area contributed by atoms with E-state index in [0.29, 0.717) is 11.0 Å². The highest BCUT2D eigenvalue weighted by Crippen LogP contribution is 2.61. The molecule has 1 N–H and O–H groups in total. The van der Waals surface area contributed by atoms with E-state index in [1.807, 2.05) is 6.07 Å². The van der Waals surface area contributed by atoms with E-state index in [1.54, 1.807) is 6.07 Å². The Bertz CT molecular complexity index is 481. The predicted molar refractivity (Wildman–Crippen MR) is 64.0 cm³/mol. The number of benzene rings is 1. The molecule has 0 heterocycles. The van der Waals surface area contributed by atoms with Crippen molar-refractivity contribution in [2.75, 3.05) is 11.9 Å². The fourth-order valence-corrected chi connectivity index (χ4v) is 2.62. The lowest BCUT2D eigenvalue weighted by atomic mass is 10.0. The van der Waals surface area contributed by atoms with Crippen LogP contribution in [0.2, 0.25) is 0 Å². The molecule has 2 aliphatic carbocycles. The van der Waals surface area contributed by atoms with Crippen LogP contribution in [-0.2, 0) is 0 Å². The molecule has 0 saturated heterocycles. The lowest BCUT2D eigenvalue weighted by Gasteiger charge is -2.16. The second-order valence-corrected chi connectivity index (χ2v) is 5.33. The maximum atomic E-state index is 13.2. The fraction of sp³-hybridized carbons (Fsp3) is 0.500. The van der Waals surface area contributed by atoms with E-state index in [-0.39, 0.29) is 5.82 Å². The summed E-state index contributed by atoms with van der Waals surface area (Å²) in [5.74, 6) is 0.543. The molecule has 3 heteroatoms. The molecule has 2 aliphatic rings. The zero-order chi connectivity index (χ0) is 11.9. The van der Waals surface area contributed by atoms with Gasteiger partial charge in [0.05, 0.1) is 11.6 Å². The molecule has 2 nitrogen and oxygen atoms in total. The Labute approximate surface area is 100 Å². The highest BCUT2D eigenvalue weighted by molar-refractivity contribution is 5.50. The molecule has 0 spiro atoms. The Hall–Kier alpha value is -1.56. The molecule has 1 aromatic rings. The van der Waals surface area contributed by atoms with Crippen LogP contribution in [0.1, 0.15) is 31.2 Å². The van der Waals surface area contributed by atoms with Crippen LogP contribution in [0.15, 0.2) is 18.2 Å². The maximum Gasteiger partial charge on any atom is 0.126 e. The van der Waals surface area contributed by atoms with Crippen LogP contribution in [0.25, 0.3) is 0 Å². The maximum absolute atomic E-state index is 13.2. The number of hydrogen-bond donors (Lipinski definition) is 1. The summed E-state index contributed by atoms with van der Waals surface area (Å²) in [5.41, 5.74) is 1.59. The van der Waals surface area contributed by atoms with E-state index in [0.717, 1.165) is 18.2 Å². The number of rotatable bonds is 4. The largest absolute Gasteiger partial charge is 0.384 e. The minimum absolute atomic E-state index is 0.345. The minimum atomic E-state index is -0.345. The van der Waals surface area contributed by atoms with Crippen molar-refractivity contribution >= 4 is 5.69 Å². The van der Waals surface area contributed by atoms with Crippen molar-refractivity contribution in [1.82, 2.24) is 0 Å². The number of nitrogens with one attached hydrogen (secondary N) is 1. The van der Waals surface area contributed by atoms with Crippen molar-refractivity contribution in [2.24, 2.45) is 11.3 Å². The molecular weight excluding hydrogens is 215 g/mol. The fourth-order valence-electron chi connectivity index (χ4n) is 2.62. The van der Waals surface area contributed by atoms with Gasteiger partial charge in [-0.2, -0.15) is 5.26 Å². The van der Waals surface area contributed by atoms with Crippen LogP contribution in [0.5, 0.6) is 0 Å². The highest BCUT2D eigenvalue weighted by atomic mass is 19.1. The van der Waals surface area contributed by atoms with E-state index in [9.17, 15) is 4.39 Å². The zero-order valence-electron chi connectivity index (χ0n) is 9.67. The second-order valence-electron chi connectivity index (χ2n) is 5.33.